The number of carbonyl (C=O) groups excluding carboxylic acids is 3. The molecule has 0 aliphatic carbocycles. The van der Waals surface area contributed by atoms with Crippen LogP contribution in [0, 0.1) is 0 Å². The van der Waals surface area contributed by atoms with Crippen molar-refractivity contribution in [2.24, 2.45) is 0 Å². The molecule has 2 atom stereocenters. The Hall–Kier alpha value is -1.63. The van der Waals surface area contributed by atoms with Crippen molar-refractivity contribution >= 4 is 17.8 Å². The predicted molar refractivity (Wildman–Crippen MR) is 84.7 cm³/mol. The number of carbonyl (C=O) groups is 3. The standard InChI is InChI=1S/C16H26N4O3/c1-2-14(21)19-8-4-6-13(19)12-5-3-7-18(12)9-10-20-15(22)11-17-16(20)23/h12-13H,2-11H2,1H3,(H,17,23)/t12-,13+/m0/s1. The molecule has 7 nitrogen and oxygen atoms in total. The second-order valence-corrected chi connectivity index (χ2v) is 6.60. The highest BCUT2D eigenvalue weighted by atomic mass is 16.2. The van der Waals surface area contributed by atoms with E-state index in [1.165, 1.54) is 4.90 Å². The summed E-state index contributed by atoms with van der Waals surface area (Å²) in [7, 11) is 0. The van der Waals surface area contributed by atoms with Gasteiger partial charge in [-0.15, -0.1) is 0 Å². The van der Waals surface area contributed by atoms with Crippen LogP contribution < -0.4 is 5.32 Å². The number of amides is 4. The second kappa shape index (κ2) is 6.86. The van der Waals surface area contributed by atoms with Crippen molar-refractivity contribution in [1.82, 2.24) is 20.0 Å². The first-order valence-corrected chi connectivity index (χ1v) is 8.73. The van der Waals surface area contributed by atoms with E-state index < -0.39 is 0 Å². The van der Waals surface area contributed by atoms with E-state index in [-0.39, 0.29) is 24.4 Å². The van der Waals surface area contributed by atoms with Gasteiger partial charge in [0.1, 0.15) is 0 Å². The van der Waals surface area contributed by atoms with E-state index in [4.69, 9.17) is 0 Å². The number of nitrogens with one attached hydrogen (secondary N) is 1. The lowest BCUT2D eigenvalue weighted by molar-refractivity contribution is -0.132. The third kappa shape index (κ3) is 3.20. The van der Waals surface area contributed by atoms with Crippen LogP contribution in [0.15, 0.2) is 0 Å². The van der Waals surface area contributed by atoms with E-state index in [2.05, 4.69) is 15.1 Å². The summed E-state index contributed by atoms with van der Waals surface area (Å²) < 4.78 is 0. The topological polar surface area (TPSA) is 73.0 Å². The van der Waals surface area contributed by atoms with Gasteiger partial charge in [-0.05, 0) is 32.2 Å². The summed E-state index contributed by atoms with van der Waals surface area (Å²) in [5.41, 5.74) is 0. The lowest BCUT2D eigenvalue weighted by Crippen LogP contribution is -2.50. The number of imide groups is 1. The minimum Gasteiger partial charge on any atom is -0.338 e. The molecule has 1 N–H and O–H groups in total. The highest BCUT2D eigenvalue weighted by Crippen LogP contribution is 2.30. The van der Waals surface area contributed by atoms with E-state index >= 15 is 0 Å². The van der Waals surface area contributed by atoms with Crippen LogP contribution in [0.25, 0.3) is 0 Å². The lowest BCUT2D eigenvalue weighted by atomic mass is 10.0. The molecule has 0 aromatic heterocycles. The van der Waals surface area contributed by atoms with Crippen molar-refractivity contribution in [2.75, 3.05) is 32.7 Å². The van der Waals surface area contributed by atoms with Crippen molar-refractivity contribution in [3.8, 4) is 0 Å². The molecular weight excluding hydrogens is 296 g/mol. The van der Waals surface area contributed by atoms with E-state index in [0.717, 1.165) is 38.8 Å². The van der Waals surface area contributed by atoms with Gasteiger partial charge >= 0.3 is 6.03 Å². The van der Waals surface area contributed by atoms with Crippen molar-refractivity contribution in [1.29, 1.82) is 0 Å². The van der Waals surface area contributed by atoms with Crippen LogP contribution in [-0.2, 0) is 9.59 Å². The average molecular weight is 322 g/mol. The Kier molecular flexibility index (Phi) is 4.84. The lowest BCUT2D eigenvalue weighted by Gasteiger charge is -2.35. The van der Waals surface area contributed by atoms with Gasteiger partial charge in [-0.3, -0.25) is 19.4 Å². The molecule has 0 aromatic rings. The molecule has 4 amide bonds. The van der Waals surface area contributed by atoms with Gasteiger partial charge in [0.15, 0.2) is 0 Å². The Balaban J connectivity index is 1.60. The summed E-state index contributed by atoms with van der Waals surface area (Å²) in [5, 5.41) is 2.56. The second-order valence-electron chi connectivity index (χ2n) is 6.60. The number of hydrogen-bond donors (Lipinski definition) is 1. The molecule has 3 saturated heterocycles. The van der Waals surface area contributed by atoms with Gasteiger partial charge in [0.05, 0.1) is 6.54 Å². The summed E-state index contributed by atoms with van der Waals surface area (Å²) in [6.07, 6.45) is 4.92. The molecular formula is C16H26N4O3. The van der Waals surface area contributed by atoms with Crippen LogP contribution in [0.4, 0.5) is 4.79 Å². The number of nitrogens with zero attached hydrogens (tertiary/aromatic N) is 3. The van der Waals surface area contributed by atoms with Crippen LogP contribution in [0.3, 0.4) is 0 Å². The molecule has 0 unspecified atom stereocenters. The van der Waals surface area contributed by atoms with Crippen LogP contribution in [0.5, 0.6) is 0 Å². The van der Waals surface area contributed by atoms with Gasteiger partial charge in [-0.25, -0.2) is 4.79 Å². The van der Waals surface area contributed by atoms with Gasteiger partial charge in [-0.1, -0.05) is 6.92 Å². The summed E-state index contributed by atoms with van der Waals surface area (Å²) in [5.74, 6) is 0.0999. The smallest absolute Gasteiger partial charge is 0.324 e. The first-order chi connectivity index (χ1) is 11.1. The Labute approximate surface area is 137 Å². The number of rotatable bonds is 5. The zero-order chi connectivity index (χ0) is 16.4. The van der Waals surface area contributed by atoms with Gasteiger partial charge in [0.25, 0.3) is 0 Å². The van der Waals surface area contributed by atoms with Crippen LogP contribution in [0.1, 0.15) is 39.0 Å². The highest BCUT2D eigenvalue weighted by Gasteiger charge is 2.39. The fourth-order valence-corrected chi connectivity index (χ4v) is 4.18. The third-order valence-corrected chi connectivity index (χ3v) is 5.33. The molecule has 3 heterocycles. The maximum absolute atomic E-state index is 12.1. The van der Waals surface area contributed by atoms with Crippen LogP contribution in [-0.4, -0.2) is 77.4 Å². The Morgan fingerprint density at radius 2 is 1.87 bits per heavy atom. The molecule has 3 aliphatic heterocycles. The number of likely N-dealkylation sites (tertiary alicyclic amines) is 2. The van der Waals surface area contributed by atoms with E-state index in [1.54, 1.807) is 0 Å². The Bertz CT molecular complexity index is 480. The zero-order valence-corrected chi connectivity index (χ0v) is 13.8. The van der Waals surface area contributed by atoms with Crippen molar-refractivity contribution < 1.29 is 14.4 Å². The van der Waals surface area contributed by atoms with Gasteiger partial charge in [-0.2, -0.15) is 0 Å². The van der Waals surface area contributed by atoms with Gasteiger partial charge in [0, 0.05) is 38.1 Å². The zero-order valence-electron chi connectivity index (χ0n) is 13.8. The Morgan fingerprint density at radius 1 is 1.13 bits per heavy atom. The average Bonchev–Trinajstić information content (AvgIpc) is 3.25. The molecule has 23 heavy (non-hydrogen) atoms. The SMILES string of the molecule is CCC(=O)N1CCC[C@@H]1[C@@H]1CCCN1CCN1C(=O)CNC1=O. The fraction of sp³-hybridized carbons (Fsp3) is 0.812. The highest BCUT2D eigenvalue weighted by molar-refractivity contribution is 6.01. The maximum Gasteiger partial charge on any atom is 0.324 e. The predicted octanol–water partition coefficient (Wildman–Crippen LogP) is 0.404. The monoisotopic (exact) mass is 322 g/mol. The summed E-state index contributed by atoms with van der Waals surface area (Å²) >= 11 is 0. The molecule has 0 saturated carbocycles. The summed E-state index contributed by atoms with van der Waals surface area (Å²) in [6, 6.07) is 0.385. The molecule has 0 radical (unpaired) electrons. The molecule has 7 heteroatoms. The van der Waals surface area contributed by atoms with Gasteiger partial charge in [0.2, 0.25) is 11.8 Å². The summed E-state index contributed by atoms with van der Waals surface area (Å²) in [6.45, 7) is 5.03. The molecule has 3 rings (SSSR count). The first-order valence-electron chi connectivity index (χ1n) is 8.73. The van der Waals surface area contributed by atoms with E-state index in [9.17, 15) is 14.4 Å². The Morgan fingerprint density at radius 3 is 2.57 bits per heavy atom. The molecule has 3 aliphatic rings. The van der Waals surface area contributed by atoms with Crippen LogP contribution >= 0.6 is 0 Å². The minimum atomic E-state index is -0.283. The first kappa shape index (κ1) is 16.2. The maximum atomic E-state index is 12.1. The molecule has 0 bridgehead atoms. The van der Waals surface area contributed by atoms with Crippen molar-refractivity contribution in [3.63, 3.8) is 0 Å². The normalized spacial score (nSPS) is 28.7. The van der Waals surface area contributed by atoms with Gasteiger partial charge < -0.3 is 10.2 Å². The molecule has 128 valence electrons. The fourth-order valence-electron chi connectivity index (χ4n) is 4.18. The van der Waals surface area contributed by atoms with E-state index in [0.29, 0.717) is 31.6 Å². The largest absolute Gasteiger partial charge is 0.338 e. The summed E-state index contributed by atoms with van der Waals surface area (Å²) in [4.78, 5) is 41.2. The van der Waals surface area contributed by atoms with E-state index in [1.807, 2.05) is 6.92 Å². The van der Waals surface area contributed by atoms with Crippen molar-refractivity contribution in [3.05, 3.63) is 0 Å². The third-order valence-electron chi connectivity index (χ3n) is 5.33. The van der Waals surface area contributed by atoms with Crippen LogP contribution in [0.2, 0.25) is 0 Å². The number of urea groups is 1. The quantitative estimate of drug-likeness (QED) is 0.744. The van der Waals surface area contributed by atoms with Crippen molar-refractivity contribution in [2.45, 2.75) is 51.1 Å². The number of hydrogen-bond acceptors (Lipinski definition) is 4. The minimum absolute atomic E-state index is 0.115. The molecule has 3 fully saturated rings. The molecule has 0 aromatic carbocycles. The molecule has 0 spiro atoms.